The molecule has 1 atom stereocenters. The summed E-state index contributed by atoms with van der Waals surface area (Å²) in [5, 5.41) is 7.73. The zero-order valence-electron chi connectivity index (χ0n) is 17.2. The fourth-order valence-corrected chi connectivity index (χ4v) is 4.57. The molecule has 3 N–H and O–H groups in total. The molecule has 29 heavy (non-hydrogen) atoms. The molecule has 2 aliphatic heterocycles. The summed E-state index contributed by atoms with van der Waals surface area (Å²) < 4.78 is 0. The van der Waals surface area contributed by atoms with Crippen molar-refractivity contribution in [3.8, 4) is 0 Å². The maximum absolute atomic E-state index is 5.95. The molecule has 152 valence electrons. The maximum Gasteiger partial charge on any atom is 0.183 e. The molecular weight excluding hydrogens is 362 g/mol. The number of para-hydroxylation sites is 1. The van der Waals surface area contributed by atoms with E-state index in [4.69, 9.17) is 15.7 Å². The summed E-state index contributed by atoms with van der Waals surface area (Å²) >= 11 is 0. The number of H-pyrrole nitrogens is 1. The van der Waals surface area contributed by atoms with Crippen molar-refractivity contribution in [1.29, 1.82) is 0 Å². The van der Waals surface area contributed by atoms with Gasteiger partial charge in [0.05, 0.1) is 6.20 Å². The van der Waals surface area contributed by atoms with Gasteiger partial charge < -0.3 is 15.5 Å². The van der Waals surface area contributed by atoms with Crippen molar-refractivity contribution in [2.45, 2.75) is 39.0 Å². The molecule has 0 aliphatic carbocycles. The largest absolute Gasteiger partial charge is 0.355 e. The Morgan fingerprint density at radius 3 is 2.79 bits per heavy atom. The van der Waals surface area contributed by atoms with E-state index in [-0.39, 0.29) is 5.41 Å². The van der Waals surface area contributed by atoms with Gasteiger partial charge in [0, 0.05) is 25.3 Å². The van der Waals surface area contributed by atoms with Crippen LogP contribution in [-0.4, -0.2) is 46.3 Å². The molecule has 2 aromatic heterocycles. The molecule has 5 rings (SSSR count). The third-order valence-electron chi connectivity index (χ3n) is 6.83. The Morgan fingerprint density at radius 2 is 2.00 bits per heavy atom. The minimum atomic E-state index is 0.244. The van der Waals surface area contributed by atoms with Crippen LogP contribution in [0.4, 0.5) is 17.3 Å². The highest BCUT2D eigenvalue weighted by Gasteiger charge is 2.30. The Morgan fingerprint density at radius 1 is 1.21 bits per heavy atom. The first-order valence-electron chi connectivity index (χ1n) is 10.6. The highest BCUT2D eigenvalue weighted by molar-refractivity contribution is 5.87. The van der Waals surface area contributed by atoms with Crippen LogP contribution in [0.3, 0.4) is 0 Å². The Bertz CT molecular complexity index is 1020. The van der Waals surface area contributed by atoms with Gasteiger partial charge in [-0.15, -0.1) is 0 Å². The normalized spacial score (nSPS) is 21.4. The Labute approximate surface area is 171 Å². The number of nitrogens with two attached hydrogens (primary N) is 1. The Hall–Kier alpha value is -2.67. The summed E-state index contributed by atoms with van der Waals surface area (Å²) in [4.78, 5) is 14.2. The van der Waals surface area contributed by atoms with Crippen LogP contribution in [0.2, 0.25) is 0 Å². The lowest BCUT2D eigenvalue weighted by Crippen LogP contribution is -2.42. The number of nitrogens with zero attached hydrogens (tertiary/aromatic N) is 5. The second-order valence-electron chi connectivity index (χ2n) is 8.87. The maximum atomic E-state index is 5.95. The monoisotopic (exact) mass is 391 g/mol. The van der Waals surface area contributed by atoms with E-state index in [9.17, 15) is 0 Å². The van der Waals surface area contributed by atoms with Gasteiger partial charge >= 0.3 is 0 Å². The number of benzene rings is 1. The highest BCUT2D eigenvalue weighted by atomic mass is 15.3. The van der Waals surface area contributed by atoms with Gasteiger partial charge in [0.25, 0.3) is 0 Å². The molecule has 0 saturated carbocycles. The smallest absolute Gasteiger partial charge is 0.183 e. The first kappa shape index (κ1) is 18.4. The lowest BCUT2D eigenvalue weighted by Gasteiger charge is -2.39. The number of piperidine rings is 1. The number of hydrogen-bond acceptors (Lipinski definition) is 6. The predicted molar refractivity (Wildman–Crippen MR) is 117 cm³/mol. The molecule has 7 heteroatoms. The van der Waals surface area contributed by atoms with E-state index in [1.54, 1.807) is 0 Å². The number of aromatic nitrogens is 4. The standard InChI is InChI=1S/C22H29N7/c1-15-7-10-29(17-6-4-3-5-16(15)17)21-19-20(26-27-21)25-18(13-24-19)28-11-8-22(2,14-23)9-12-28/h3-6,13,15H,7-12,14,23H2,1-2H3,(H,25,26,27)/t15-/m1/s1. The molecule has 4 heterocycles. The van der Waals surface area contributed by atoms with E-state index in [1.165, 1.54) is 11.3 Å². The van der Waals surface area contributed by atoms with Gasteiger partial charge in [-0.25, -0.2) is 9.97 Å². The van der Waals surface area contributed by atoms with Crippen LogP contribution in [0.5, 0.6) is 0 Å². The molecule has 1 saturated heterocycles. The summed E-state index contributed by atoms with van der Waals surface area (Å²) in [5.41, 5.74) is 10.4. The van der Waals surface area contributed by atoms with Crippen LogP contribution in [0.15, 0.2) is 30.5 Å². The lowest BCUT2D eigenvalue weighted by atomic mass is 9.80. The van der Waals surface area contributed by atoms with Crippen molar-refractivity contribution in [1.82, 2.24) is 20.2 Å². The molecule has 0 unspecified atom stereocenters. The molecule has 0 bridgehead atoms. The van der Waals surface area contributed by atoms with Gasteiger partial charge in [-0.3, -0.25) is 5.10 Å². The van der Waals surface area contributed by atoms with Gasteiger partial charge in [0.1, 0.15) is 5.82 Å². The quantitative estimate of drug-likeness (QED) is 0.710. The van der Waals surface area contributed by atoms with Crippen molar-refractivity contribution in [3.63, 3.8) is 0 Å². The third kappa shape index (κ3) is 3.13. The van der Waals surface area contributed by atoms with Crippen LogP contribution in [0, 0.1) is 5.41 Å². The Kier molecular flexibility index (Phi) is 4.42. The fraction of sp³-hybridized carbons (Fsp3) is 0.500. The summed E-state index contributed by atoms with van der Waals surface area (Å²) in [6.07, 6.45) is 5.16. The van der Waals surface area contributed by atoms with Crippen molar-refractivity contribution in [3.05, 3.63) is 36.0 Å². The first-order valence-corrected chi connectivity index (χ1v) is 10.6. The number of anilines is 3. The van der Waals surface area contributed by atoms with Gasteiger partial charge in [-0.2, -0.15) is 5.10 Å². The van der Waals surface area contributed by atoms with Crippen molar-refractivity contribution in [2.24, 2.45) is 11.1 Å². The zero-order valence-corrected chi connectivity index (χ0v) is 17.2. The molecule has 3 aromatic rings. The molecule has 2 aliphatic rings. The van der Waals surface area contributed by atoms with Gasteiger partial charge in [-0.05, 0) is 48.8 Å². The number of rotatable bonds is 3. The summed E-state index contributed by atoms with van der Waals surface area (Å²) in [7, 11) is 0. The average molecular weight is 392 g/mol. The van der Waals surface area contributed by atoms with Crippen molar-refractivity contribution >= 4 is 28.5 Å². The van der Waals surface area contributed by atoms with E-state index in [0.29, 0.717) is 5.92 Å². The molecule has 1 aromatic carbocycles. The second kappa shape index (κ2) is 6.99. The predicted octanol–water partition coefficient (Wildman–Crippen LogP) is 3.56. The van der Waals surface area contributed by atoms with Crippen molar-refractivity contribution < 1.29 is 0 Å². The molecule has 0 amide bonds. The molecular formula is C22H29N7. The summed E-state index contributed by atoms with van der Waals surface area (Å²) in [6.45, 7) is 8.17. The number of nitrogens with one attached hydrogen (secondary N) is 1. The lowest BCUT2D eigenvalue weighted by molar-refractivity contribution is 0.258. The average Bonchev–Trinajstić information content (AvgIpc) is 3.18. The van der Waals surface area contributed by atoms with E-state index in [1.807, 2.05) is 6.20 Å². The van der Waals surface area contributed by atoms with Crippen LogP contribution in [0.25, 0.3) is 11.2 Å². The summed E-state index contributed by atoms with van der Waals surface area (Å²) in [6, 6.07) is 8.60. The van der Waals surface area contributed by atoms with Gasteiger partial charge in [-0.1, -0.05) is 32.0 Å². The van der Waals surface area contributed by atoms with E-state index in [0.717, 1.165) is 68.2 Å². The third-order valence-corrected chi connectivity index (χ3v) is 6.83. The number of hydrogen-bond donors (Lipinski definition) is 2. The molecule has 7 nitrogen and oxygen atoms in total. The van der Waals surface area contributed by atoms with Crippen LogP contribution in [0.1, 0.15) is 44.6 Å². The first-order chi connectivity index (χ1) is 14.1. The minimum absolute atomic E-state index is 0.244. The summed E-state index contributed by atoms with van der Waals surface area (Å²) in [5.74, 6) is 2.34. The second-order valence-corrected chi connectivity index (χ2v) is 8.87. The zero-order chi connectivity index (χ0) is 20.0. The van der Waals surface area contributed by atoms with Gasteiger partial charge in [0.2, 0.25) is 0 Å². The Balaban J connectivity index is 1.45. The molecule has 1 fully saturated rings. The molecule has 0 spiro atoms. The fourth-order valence-electron chi connectivity index (χ4n) is 4.57. The minimum Gasteiger partial charge on any atom is -0.355 e. The highest BCUT2D eigenvalue weighted by Crippen LogP contribution is 2.40. The van der Waals surface area contributed by atoms with Crippen LogP contribution >= 0.6 is 0 Å². The van der Waals surface area contributed by atoms with Crippen LogP contribution in [-0.2, 0) is 0 Å². The van der Waals surface area contributed by atoms with E-state index < -0.39 is 0 Å². The van der Waals surface area contributed by atoms with E-state index >= 15 is 0 Å². The topological polar surface area (TPSA) is 87.0 Å². The van der Waals surface area contributed by atoms with E-state index in [2.05, 4.69) is 58.1 Å². The molecule has 0 radical (unpaired) electrons. The SMILES string of the molecule is C[C@@H]1CCN(c2n[nH]c3nc(N4CCC(C)(CN)CC4)cnc23)c2ccccc21. The number of fused-ring (bicyclic) bond motifs is 2. The number of aromatic amines is 1. The van der Waals surface area contributed by atoms with Gasteiger partial charge in [0.15, 0.2) is 17.0 Å². The van der Waals surface area contributed by atoms with Crippen molar-refractivity contribution in [2.75, 3.05) is 36.0 Å². The van der Waals surface area contributed by atoms with Crippen LogP contribution < -0.4 is 15.5 Å².